The van der Waals surface area contributed by atoms with E-state index < -0.39 is 10.0 Å². The number of nitrogens with one attached hydrogen (secondary N) is 2. The molecule has 0 spiro atoms. The molecule has 0 fully saturated rings. The molecule has 0 aliphatic heterocycles. The van der Waals surface area contributed by atoms with Gasteiger partial charge < -0.3 is 5.32 Å². The van der Waals surface area contributed by atoms with E-state index in [2.05, 4.69) is 37.7 Å². The third-order valence-corrected chi connectivity index (χ3v) is 5.16. The lowest BCUT2D eigenvalue weighted by molar-refractivity contribution is 0.304. The maximum atomic E-state index is 12.0. The van der Waals surface area contributed by atoms with Crippen LogP contribution in [0.2, 0.25) is 0 Å². The summed E-state index contributed by atoms with van der Waals surface area (Å²) in [6, 6.07) is 7.00. The van der Waals surface area contributed by atoms with Gasteiger partial charge in [0.2, 0.25) is 10.0 Å². The second kappa shape index (κ2) is 7.09. The molecule has 0 radical (unpaired) electrons. The van der Waals surface area contributed by atoms with E-state index >= 15 is 0 Å². The summed E-state index contributed by atoms with van der Waals surface area (Å²) in [5.41, 5.74) is 0.660. The second-order valence-electron chi connectivity index (χ2n) is 5.74. The highest BCUT2D eigenvalue weighted by Crippen LogP contribution is 2.24. The van der Waals surface area contributed by atoms with Crippen LogP contribution in [0, 0.1) is 17.8 Å². The molecule has 2 N–H and O–H groups in total. The summed E-state index contributed by atoms with van der Waals surface area (Å²) in [6.07, 6.45) is 0. The zero-order valence-electron chi connectivity index (χ0n) is 13.0. The highest BCUT2D eigenvalue weighted by atomic mass is 32.2. The molecule has 0 aliphatic rings. The van der Waals surface area contributed by atoms with Crippen LogP contribution < -0.4 is 10.0 Å². The molecular formula is C15H26N2O2S. The first-order valence-corrected chi connectivity index (χ1v) is 8.54. The van der Waals surface area contributed by atoms with Crippen molar-refractivity contribution < 1.29 is 8.42 Å². The fourth-order valence-corrected chi connectivity index (χ4v) is 3.33. The number of hydrogen-bond acceptors (Lipinski definition) is 3. The van der Waals surface area contributed by atoms with Crippen LogP contribution in [0.15, 0.2) is 29.2 Å². The summed E-state index contributed by atoms with van der Waals surface area (Å²) in [5, 5.41) is 3.30. The first kappa shape index (κ1) is 17.0. The molecule has 20 heavy (non-hydrogen) atoms. The number of anilines is 1. The van der Waals surface area contributed by atoms with Gasteiger partial charge in [-0.2, -0.15) is 0 Å². The molecule has 0 aliphatic carbocycles. The van der Waals surface area contributed by atoms with Crippen LogP contribution in [0.25, 0.3) is 0 Å². The molecule has 5 heteroatoms. The van der Waals surface area contributed by atoms with Crippen molar-refractivity contribution in [3.63, 3.8) is 0 Å². The van der Waals surface area contributed by atoms with Gasteiger partial charge in [0.1, 0.15) is 4.90 Å². The summed E-state index contributed by atoms with van der Waals surface area (Å²) in [5.74, 6) is 1.60. The summed E-state index contributed by atoms with van der Waals surface area (Å²) in [4.78, 5) is 0.300. The van der Waals surface area contributed by atoms with Crippen molar-refractivity contribution >= 4 is 15.7 Å². The minimum Gasteiger partial charge on any atom is -0.384 e. The topological polar surface area (TPSA) is 58.2 Å². The Morgan fingerprint density at radius 2 is 1.60 bits per heavy atom. The van der Waals surface area contributed by atoms with Gasteiger partial charge in [-0.3, -0.25) is 0 Å². The highest BCUT2D eigenvalue weighted by Gasteiger charge is 2.20. The van der Waals surface area contributed by atoms with Crippen molar-refractivity contribution in [1.82, 2.24) is 4.72 Å². The molecule has 1 aromatic carbocycles. The normalized spacial score (nSPS) is 12.4. The quantitative estimate of drug-likeness (QED) is 0.813. The molecular weight excluding hydrogens is 272 g/mol. The van der Waals surface area contributed by atoms with Crippen molar-refractivity contribution in [2.45, 2.75) is 32.6 Å². The summed E-state index contributed by atoms with van der Waals surface area (Å²) in [7, 11) is -2.00. The van der Waals surface area contributed by atoms with Crippen LogP contribution in [0.5, 0.6) is 0 Å². The maximum Gasteiger partial charge on any atom is 0.242 e. The minimum atomic E-state index is -3.43. The average Bonchev–Trinajstić information content (AvgIpc) is 2.38. The van der Waals surface area contributed by atoms with Crippen LogP contribution in [-0.2, 0) is 10.0 Å². The average molecular weight is 298 g/mol. The molecule has 0 atom stereocenters. The van der Waals surface area contributed by atoms with E-state index in [-0.39, 0.29) is 0 Å². The van der Waals surface area contributed by atoms with Gasteiger partial charge in [0.25, 0.3) is 0 Å². The Balaban J connectivity index is 2.94. The van der Waals surface area contributed by atoms with E-state index in [1.54, 1.807) is 12.1 Å². The number of benzene rings is 1. The van der Waals surface area contributed by atoms with Gasteiger partial charge in [-0.25, -0.2) is 13.1 Å². The van der Waals surface area contributed by atoms with Gasteiger partial charge in [-0.05, 0) is 36.9 Å². The lowest BCUT2D eigenvalue weighted by atomic mass is 9.85. The number of rotatable bonds is 7. The van der Waals surface area contributed by atoms with Crippen LogP contribution in [0.1, 0.15) is 27.7 Å². The molecule has 4 nitrogen and oxygen atoms in total. The fourth-order valence-electron chi connectivity index (χ4n) is 2.43. The Labute approximate surface area is 123 Å². The van der Waals surface area contributed by atoms with Crippen molar-refractivity contribution in [3.05, 3.63) is 24.3 Å². The monoisotopic (exact) mass is 298 g/mol. The van der Waals surface area contributed by atoms with E-state index in [0.29, 0.717) is 28.3 Å². The Kier molecular flexibility index (Phi) is 6.02. The standard InChI is InChI=1S/C15H26N2O2S/c1-11(2)13(12(3)4)10-17-14-8-6-7-9-15(14)20(18,19)16-5/h6-9,11-13,16-17H,10H2,1-5H3. The highest BCUT2D eigenvalue weighted by molar-refractivity contribution is 7.89. The van der Waals surface area contributed by atoms with E-state index in [9.17, 15) is 8.42 Å². The number of sulfonamides is 1. The molecule has 0 amide bonds. The third kappa shape index (κ3) is 4.21. The maximum absolute atomic E-state index is 12.0. The zero-order valence-corrected chi connectivity index (χ0v) is 13.8. The summed E-state index contributed by atoms with van der Waals surface area (Å²) in [6.45, 7) is 9.56. The van der Waals surface area contributed by atoms with Gasteiger partial charge in [0.05, 0.1) is 5.69 Å². The van der Waals surface area contributed by atoms with Gasteiger partial charge in [-0.15, -0.1) is 0 Å². The smallest absolute Gasteiger partial charge is 0.242 e. The minimum absolute atomic E-state index is 0.300. The van der Waals surface area contributed by atoms with Crippen molar-refractivity contribution in [1.29, 1.82) is 0 Å². The molecule has 0 saturated heterocycles. The number of para-hydroxylation sites is 1. The Hall–Kier alpha value is -1.07. The molecule has 1 rings (SSSR count). The lowest BCUT2D eigenvalue weighted by Gasteiger charge is -2.26. The van der Waals surface area contributed by atoms with Crippen LogP contribution >= 0.6 is 0 Å². The van der Waals surface area contributed by atoms with Gasteiger partial charge in [0.15, 0.2) is 0 Å². The van der Waals surface area contributed by atoms with Gasteiger partial charge in [-0.1, -0.05) is 39.8 Å². The summed E-state index contributed by atoms with van der Waals surface area (Å²) < 4.78 is 26.3. The van der Waals surface area contributed by atoms with Crippen molar-refractivity contribution in [2.24, 2.45) is 17.8 Å². The Morgan fingerprint density at radius 3 is 2.10 bits per heavy atom. The molecule has 1 aromatic rings. The molecule has 0 unspecified atom stereocenters. The third-order valence-electron chi connectivity index (χ3n) is 3.69. The Morgan fingerprint density at radius 1 is 1.05 bits per heavy atom. The van der Waals surface area contributed by atoms with E-state index in [4.69, 9.17) is 0 Å². The lowest BCUT2D eigenvalue weighted by Crippen LogP contribution is -2.26. The van der Waals surface area contributed by atoms with Crippen LogP contribution in [0.3, 0.4) is 0 Å². The molecule has 114 valence electrons. The van der Waals surface area contributed by atoms with E-state index in [1.165, 1.54) is 7.05 Å². The Bertz CT molecular complexity index is 516. The van der Waals surface area contributed by atoms with Crippen molar-refractivity contribution in [3.8, 4) is 0 Å². The molecule has 0 heterocycles. The second-order valence-corrected chi connectivity index (χ2v) is 7.59. The van der Waals surface area contributed by atoms with Crippen molar-refractivity contribution in [2.75, 3.05) is 18.9 Å². The largest absolute Gasteiger partial charge is 0.384 e. The molecule has 0 saturated carbocycles. The van der Waals surface area contributed by atoms with Crippen LogP contribution in [0.4, 0.5) is 5.69 Å². The van der Waals surface area contributed by atoms with E-state index in [1.807, 2.05) is 12.1 Å². The SMILES string of the molecule is CNS(=O)(=O)c1ccccc1NCC(C(C)C)C(C)C. The van der Waals surface area contributed by atoms with Gasteiger partial charge in [0, 0.05) is 6.54 Å². The summed E-state index contributed by atoms with van der Waals surface area (Å²) >= 11 is 0. The number of hydrogen-bond donors (Lipinski definition) is 2. The van der Waals surface area contributed by atoms with Crippen LogP contribution in [-0.4, -0.2) is 22.0 Å². The first-order valence-electron chi connectivity index (χ1n) is 7.06. The first-order chi connectivity index (χ1) is 9.29. The zero-order chi connectivity index (χ0) is 15.3. The predicted octanol–water partition coefficient (Wildman–Crippen LogP) is 2.93. The molecule has 0 bridgehead atoms. The molecule has 0 aromatic heterocycles. The fraction of sp³-hybridized carbons (Fsp3) is 0.600. The predicted molar refractivity (Wildman–Crippen MR) is 84.3 cm³/mol. The van der Waals surface area contributed by atoms with E-state index in [0.717, 1.165) is 6.54 Å². The van der Waals surface area contributed by atoms with Gasteiger partial charge >= 0.3 is 0 Å².